The van der Waals surface area contributed by atoms with Gasteiger partial charge in [-0.15, -0.1) is 0 Å². The second-order valence-electron chi connectivity index (χ2n) is 5.04. The highest BCUT2D eigenvalue weighted by atomic mass is 16.5. The van der Waals surface area contributed by atoms with Crippen LogP contribution in [-0.2, 0) is 13.1 Å². The van der Waals surface area contributed by atoms with Gasteiger partial charge < -0.3 is 10.1 Å². The van der Waals surface area contributed by atoms with E-state index in [2.05, 4.69) is 36.3 Å². The molecule has 0 aliphatic carbocycles. The van der Waals surface area contributed by atoms with Crippen LogP contribution < -0.4 is 10.1 Å². The molecule has 2 aromatic rings. The summed E-state index contributed by atoms with van der Waals surface area (Å²) in [6, 6.07) is 6.22. The lowest BCUT2D eigenvalue weighted by Gasteiger charge is -2.13. The molecule has 0 saturated heterocycles. The fourth-order valence-electron chi connectivity index (χ4n) is 2.70. The molecule has 1 aliphatic heterocycles. The second kappa shape index (κ2) is 4.67. The second-order valence-corrected chi connectivity index (χ2v) is 5.04. The molecule has 0 fully saturated rings. The molecule has 3 heteroatoms. The number of benzene rings is 1. The predicted octanol–water partition coefficient (Wildman–Crippen LogP) is 2.98. The molecule has 0 radical (unpaired) electrons. The fourth-order valence-corrected chi connectivity index (χ4v) is 2.70. The van der Waals surface area contributed by atoms with Crippen LogP contribution in [0, 0.1) is 13.8 Å². The molecule has 0 unspecified atom stereocenters. The summed E-state index contributed by atoms with van der Waals surface area (Å²) in [7, 11) is 1.71. The quantitative estimate of drug-likeness (QED) is 0.894. The van der Waals surface area contributed by atoms with E-state index < -0.39 is 0 Å². The zero-order valence-corrected chi connectivity index (χ0v) is 11.6. The number of aromatic nitrogens is 1. The van der Waals surface area contributed by atoms with E-state index in [0.717, 1.165) is 30.1 Å². The zero-order valence-electron chi connectivity index (χ0n) is 11.6. The predicted molar refractivity (Wildman–Crippen MR) is 76.2 cm³/mol. The number of ether oxygens (including phenoxy) is 1. The standard InChI is InChI=1S/C16H18N2O/c1-10-4-5-15(19-3)13(6-10)16-11(2)14-9-17-7-12(14)8-18-16/h4-6,8,17H,7,9H2,1-3H3. The highest BCUT2D eigenvalue weighted by Gasteiger charge is 2.18. The summed E-state index contributed by atoms with van der Waals surface area (Å²) >= 11 is 0. The molecule has 3 rings (SSSR count). The first-order chi connectivity index (χ1) is 9.20. The van der Waals surface area contributed by atoms with Crippen molar-refractivity contribution in [2.24, 2.45) is 0 Å². The summed E-state index contributed by atoms with van der Waals surface area (Å²) in [6.07, 6.45) is 1.99. The normalized spacial score (nSPS) is 13.4. The van der Waals surface area contributed by atoms with E-state index in [1.165, 1.54) is 22.3 Å². The first-order valence-corrected chi connectivity index (χ1v) is 6.54. The van der Waals surface area contributed by atoms with Gasteiger partial charge >= 0.3 is 0 Å². The molecule has 1 aromatic heterocycles. The van der Waals surface area contributed by atoms with Gasteiger partial charge in [-0.25, -0.2) is 0 Å². The van der Waals surface area contributed by atoms with E-state index in [-0.39, 0.29) is 0 Å². The molecule has 2 heterocycles. The minimum Gasteiger partial charge on any atom is -0.496 e. The van der Waals surface area contributed by atoms with Gasteiger partial charge in [0.25, 0.3) is 0 Å². The van der Waals surface area contributed by atoms with Gasteiger partial charge in [0.15, 0.2) is 0 Å². The number of hydrogen-bond donors (Lipinski definition) is 1. The van der Waals surface area contributed by atoms with Gasteiger partial charge in [0, 0.05) is 24.8 Å². The maximum Gasteiger partial charge on any atom is 0.128 e. The van der Waals surface area contributed by atoms with E-state index in [1.807, 2.05) is 12.3 Å². The van der Waals surface area contributed by atoms with Crippen molar-refractivity contribution in [1.29, 1.82) is 0 Å². The van der Waals surface area contributed by atoms with Gasteiger partial charge in [-0.2, -0.15) is 0 Å². The van der Waals surface area contributed by atoms with Gasteiger partial charge in [0.2, 0.25) is 0 Å². The van der Waals surface area contributed by atoms with Crippen molar-refractivity contribution < 1.29 is 4.74 Å². The zero-order chi connectivity index (χ0) is 13.4. The Labute approximate surface area is 113 Å². The van der Waals surface area contributed by atoms with E-state index in [1.54, 1.807) is 7.11 Å². The van der Waals surface area contributed by atoms with Crippen molar-refractivity contribution in [1.82, 2.24) is 10.3 Å². The number of aryl methyl sites for hydroxylation is 1. The van der Waals surface area contributed by atoms with Crippen molar-refractivity contribution in [3.05, 3.63) is 46.6 Å². The Balaban J connectivity index is 2.20. The third-order valence-corrected chi connectivity index (χ3v) is 3.77. The Morgan fingerprint density at radius 1 is 1.21 bits per heavy atom. The largest absolute Gasteiger partial charge is 0.496 e. The molecule has 0 saturated carbocycles. The van der Waals surface area contributed by atoms with Crippen LogP contribution in [0.15, 0.2) is 24.4 Å². The van der Waals surface area contributed by atoms with Crippen LogP contribution in [0.25, 0.3) is 11.3 Å². The van der Waals surface area contributed by atoms with E-state index in [0.29, 0.717) is 0 Å². The number of fused-ring (bicyclic) bond motifs is 1. The summed E-state index contributed by atoms with van der Waals surface area (Å²) in [6.45, 7) is 6.10. The minimum atomic E-state index is 0.882. The van der Waals surface area contributed by atoms with Gasteiger partial charge in [-0.3, -0.25) is 4.98 Å². The highest BCUT2D eigenvalue weighted by Crippen LogP contribution is 2.34. The molecule has 3 nitrogen and oxygen atoms in total. The van der Waals surface area contributed by atoms with Crippen LogP contribution in [-0.4, -0.2) is 12.1 Å². The Hall–Kier alpha value is -1.87. The summed E-state index contributed by atoms with van der Waals surface area (Å²) < 4.78 is 5.47. The summed E-state index contributed by atoms with van der Waals surface area (Å²) in [5, 5.41) is 3.38. The summed E-state index contributed by atoms with van der Waals surface area (Å²) in [5.74, 6) is 0.882. The molecule has 19 heavy (non-hydrogen) atoms. The lowest BCUT2D eigenvalue weighted by atomic mass is 9.98. The first kappa shape index (κ1) is 12.2. The summed E-state index contributed by atoms with van der Waals surface area (Å²) in [5.41, 5.74) is 7.28. The SMILES string of the molecule is COc1ccc(C)cc1-c1ncc2c(c1C)CNC2. The highest BCUT2D eigenvalue weighted by molar-refractivity contribution is 5.72. The third-order valence-electron chi connectivity index (χ3n) is 3.77. The number of pyridine rings is 1. The third kappa shape index (κ3) is 2.00. The van der Waals surface area contributed by atoms with Crippen LogP contribution in [0.3, 0.4) is 0 Å². The molecule has 98 valence electrons. The monoisotopic (exact) mass is 254 g/mol. The Morgan fingerprint density at radius 3 is 2.84 bits per heavy atom. The first-order valence-electron chi connectivity index (χ1n) is 6.54. The lowest BCUT2D eigenvalue weighted by Crippen LogP contribution is -2.01. The summed E-state index contributed by atoms with van der Waals surface area (Å²) in [4.78, 5) is 4.65. The smallest absolute Gasteiger partial charge is 0.128 e. The molecule has 0 amide bonds. The molecule has 1 aliphatic rings. The van der Waals surface area contributed by atoms with Crippen molar-refractivity contribution in [3.63, 3.8) is 0 Å². The average molecular weight is 254 g/mol. The molecule has 0 bridgehead atoms. The van der Waals surface area contributed by atoms with Gasteiger partial charge in [-0.05, 0) is 42.7 Å². The fraction of sp³-hybridized carbons (Fsp3) is 0.312. The van der Waals surface area contributed by atoms with Crippen LogP contribution >= 0.6 is 0 Å². The van der Waals surface area contributed by atoms with Crippen LogP contribution in [0.2, 0.25) is 0 Å². The molecule has 1 aromatic carbocycles. The Kier molecular flexibility index (Phi) is 2.99. The Morgan fingerprint density at radius 2 is 2.05 bits per heavy atom. The average Bonchev–Trinajstić information content (AvgIpc) is 2.88. The van der Waals surface area contributed by atoms with Crippen LogP contribution in [0.4, 0.5) is 0 Å². The van der Waals surface area contributed by atoms with E-state index in [9.17, 15) is 0 Å². The molecular formula is C16H18N2O. The molecule has 1 N–H and O–H groups in total. The number of nitrogens with one attached hydrogen (secondary N) is 1. The van der Waals surface area contributed by atoms with Gasteiger partial charge in [0.1, 0.15) is 5.75 Å². The van der Waals surface area contributed by atoms with Crippen LogP contribution in [0.5, 0.6) is 5.75 Å². The number of hydrogen-bond acceptors (Lipinski definition) is 3. The molecular weight excluding hydrogens is 236 g/mol. The number of methoxy groups -OCH3 is 1. The maximum atomic E-state index is 5.47. The maximum absolute atomic E-state index is 5.47. The molecule has 0 spiro atoms. The van der Waals surface area contributed by atoms with E-state index >= 15 is 0 Å². The van der Waals surface area contributed by atoms with E-state index in [4.69, 9.17) is 4.74 Å². The Bertz CT molecular complexity index is 635. The van der Waals surface area contributed by atoms with Crippen molar-refractivity contribution in [2.45, 2.75) is 26.9 Å². The van der Waals surface area contributed by atoms with Gasteiger partial charge in [0.05, 0.1) is 12.8 Å². The number of nitrogens with zero attached hydrogens (tertiary/aromatic N) is 1. The van der Waals surface area contributed by atoms with Crippen molar-refractivity contribution >= 4 is 0 Å². The van der Waals surface area contributed by atoms with Crippen LogP contribution in [0.1, 0.15) is 22.3 Å². The molecule has 0 atom stereocenters. The van der Waals surface area contributed by atoms with Crippen molar-refractivity contribution in [2.75, 3.05) is 7.11 Å². The van der Waals surface area contributed by atoms with Gasteiger partial charge in [-0.1, -0.05) is 11.6 Å². The topological polar surface area (TPSA) is 34.1 Å². The van der Waals surface area contributed by atoms with Crippen molar-refractivity contribution in [3.8, 4) is 17.0 Å². The lowest BCUT2D eigenvalue weighted by molar-refractivity contribution is 0.416. The minimum absolute atomic E-state index is 0.882. The number of rotatable bonds is 2.